The Morgan fingerprint density at radius 2 is 1.52 bits per heavy atom. The summed E-state index contributed by atoms with van der Waals surface area (Å²) in [4.78, 5) is 2.88. The maximum Gasteiger partial charge on any atom is 0.229 e. The molecule has 0 aromatic heterocycles. The van der Waals surface area contributed by atoms with Crippen LogP contribution in [-0.4, -0.2) is 14.7 Å². The molecule has 4 rings (SSSR count). The highest BCUT2D eigenvalue weighted by Crippen LogP contribution is 2.38. The van der Waals surface area contributed by atoms with Crippen molar-refractivity contribution in [2.75, 3.05) is 11.0 Å². The fourth-order valence-corrected chi connectivity index (χ4v) is 7.00. The van der Waals surface area contributed by atoms with E-state index in [0.29, 0.717) is 5.92 Å². The molecule has 1 aliphatic rings. The molecular formula is C25H27FNO2S2+. The van der Waals surface area contributed by atoms with E-state index >= 15 is 0 Å². The molecule has 0 spiro atoms. The molecule has 1 fully saturated rings. The molecule has 31 heavy (non-hydrogen) atoms. The van der Waals surface area contributed by atoms with E-state index in [-0.39, 0.29) is 5.69 Å². The molecule has 0 amide bonds. The van der Waals surface area contributed by atoms with Crippen LogP contribution in [-0.2, 0) is 20.9 Å². The van der Waals surface area contributed by atoms with Crippen molar-refractivity contribution in [3.8, 4) is 0 Å². The fraction of sp³-hybridized carbons (Fsp3) is 0.280. The van der Waals surface area contributed by atoms with Gasteiger partial charge in [0.15, 0.2) is 14.7 Å². The second-order valence-electron chi connectivity index (χ2n) is 8.04. The van der Waals surface area contributed by atoms with Crippen LogP contribution < -0.4 is 4.72 Å². The van der Waals surface area contributed by atoms with Gasteiger partial charge in [0.2, 0.25) is 10.0 Å². The first kappa shape index (κ1) is 21.9. The smallest absolute Gasteiger partial charge is 0.229 e. The molecule has 0 bridgehead atoms. The number of anilines is 1. The van der Waals surface area contributed by atoms with E-state index in [1.165, 1.54) is 49.8 Å². The van der Waals surface area contributed by atoms with Crippen molar-refractivity contribution in [2.24, 2.45) is 0 Å². The normalized spacial score (nSPS) is 16.1. The summed E-state index contributed by atoms with van der Waals surface area (Å²) < 4.78 is 40.4. The first-order valence-corrected chi connectivity index (χ1v) is 13.7. The van der Waals surface area contributed by atoms with E-state index in [2.05, 4.69) is 29.0 Å². The zero-order chi connectivity index (χ0) is 21.8. The van der Waals surface area contributed by atoms with Crippen LogP contribution in [0.25, 0.3) is 0 Å². The van der Waals surface area contributed by atoms with E-state index in [1.807, 2.05) is 30.3 Å². The van der Waals surface area contributed by atoms with Gasteiger partial charge in [0.25, 0.3) is 0 Å². The van der Waals surface area contributed by atoms with Crippen LogP contribution in [0, 0.1) is 5.82 Å². The molecular weight excluding hydrogens is 429 g/mol. The van der Waals surface area contributed by atoms with Crippen LogP contribution in [0.4, 0.5) is 10.1 Å². The molecule has 3 nitrogen and oxygen atoms in total. The number of benzene rings is 3. The third-order valence-corrected chi connectivity index (χ3v) is 8.50. The van der Waals surface area contributed by atoms with Crippen LogP contribution in [0.15, 0.2) is 87.5 Å². The highest BCUT2D eigenvalue weighted by Gasteiger charge is 2.32. The minimum absolute atomic E-state index is 0.283. The van der Waals surface area contributed by atoms with Gasteiger partial charge in [0.1, 0.15) is 22.4 Å². The van der Waals surface area contributed by atoms with Crippen molar-refractivity contribution in [2.45, 2.75) is 52.7 Å². The zero-order valence-corrected chi connectivity index (χ0v) is 19.2. The summed E-state index contributed by atoms with van der Waals surface area (Å²) in [6, 6.07) is 23.0. The number of nitrogens with one attached hydrogen (secondary N) is 1. The topological polar surface area (TPSA) is 46.2 Å². The quantitative estimate of drug-likeness (QED) is 0.440. The summed E-state index contributed by atoms with van der Waals surface area (Å²) >= 11 is 0. The Kier molecular flexibility index (Phi) is 6.68. The Labute approximate surface area is 187 Å². The molecule has 1 unspecified atom stereocenters. The maximum absolute atomic E-state index is 14.0. The van der Waals surface area contributed by atoms with Gasteiger partial charge >= 0.3 is 0 Å². The van der Waals surface area contributed by atoms with E-state index in [9.17, 15) is 12.8 Å². The fourth-order valence-electron chi connectivity index (χ4n) is 4.22. The highest BCUT2D eigenvalue weighted by molar-refractivity contribution is 7.97. The third-order valence-electron chi connectivity index (χ3n) is 5.63. The van der Waals surface area contributed by atoms with Gasteiger partial charge in [-0.3, -0.25) is 4.72 Å². The van der Waals surface area contributed by atoms with Crippen LogP contribution >= 0.6 is 0 Å². The lowest BCUT2D eigenvalue weighted by atomic mass is 9.84. The molecule has 6 heteroatoms. The number of rotatable bonds is 6. The van der Waals surface area contributed by atoms with Gasteiger partial charge in [0, 0.05) is 6.07 Å². The SMILES string of the molecule is CS(=O)(=O)Nc1cc(F)ccc1[S+](c1ccccc1)c1ccc(C2CCCCC2)cc1. The largest absolute Gasteiger partial charge is 0.279 e. The lowest BCUT2D eigenvalue weighted by molar-refractivity contribution is 0.443. The summed E-state index contributed by atoms with van der Waals surface area (Å²) in [5.74, 6) is 0.147. The van der Waals surface area contributed by atoms with Crippen molar-refractivity contribution < 1.29 is 12.8 Å². The molecule has 3 aromatic rings. The summed E-state index contributed by atoms with van der Waals surface area (Å²) in [6.45, 7) is 0. The van der Waals surface area contributed by atoms with Crippen LogP contribution in [0.1, 0.15) is 43.6 Å². The number of halogens is 1. The predicted molar refractivity (Wildman–Crippen MR) is 126 cm³/mol. The molecule has 3 aromatic carbocycles. The average Bonchev–Trinajstić information content (AvgIpc) is 2.76. The van der Waals surface area contributed by atoms with Gasteiger partial charge in [-0.1, -0.05) is 49.6 Å². The number of hydrogen-bond acceptors (Lipinski definition) is 2. The molecule has 1 atom stereocenters. The maximum atomic E-state index is 14.0. The van der Waals surface area contributed by atoms with Crippen LogP contribution in [0.5, 0.6) is 0 Å². The highest BCUT2D eigenvalue weighted by atomic mass is 32.2. The Morgan fingerprint density at radius 1 is 0.871 bits per heavy atom. The second-order valence-corrected chi connectivity index (χ2v) is 11.8. The lowest BCUT2D eigenvalue weighted by Crippen LogP contribution is -2.14. The Balaban J connectivity index is 1.78. The summed E-state index contributed by atoms with van der Waals surface area (Å²) in [5.41, 5.74) is 1.65. The average molecular weight is 457 g/mol. The first-order chi connectivity index (χ1) is 14.9. The second kappa shape index (κ2) is 9.45. The Morgan fingerprint density at radius 3 is 2.16 bits per heavy atom. The molecule has 0 aliphatic heterocycles. The molecule has 1 saturated carbocycles. The third kappa shape index (κ3) is 5.49. The summed E-state index contributed by atoms with van der Waals surface area (Å²) in [5, 5.41) is 0. The van der Waals surface area contributed by atoms with E-state index < -0.39 is 26.7 Å². The van der Waals surface area contributed by atoms with Gasteiger partial charge in [-0.2, -0.15) is 0 Å². The summed E-state index contributed by atoms with van der Waals surface area (Å²) in [6.07, 6.45) is 7.47. The molecule has 162 valence electrons. The van der Waals surface area contributed by atoms with Crippen LogP contribution in [0.3, 0.4) is 0 Å². The molecule has 0 saturated heterocycles. The monoisotopic (exact) mass is 456 g/mol. The number of sulfonamides is 1. The summed E-state index contributed by atoms with van der Waals surface area (Å²) in [7, 11) is -4.12. The van der Waals surface area contributed by atoms with Gasteiger partial charge < -0.3 is 0 Å². The molecule has 0 radical (unpaired) electrons. The van der Waals surface area contributed by atoms with Crippen molar-refractivity contribution in [3.63, 3.8) is 0 Å². The van der Waals surface area contributed by atoms with E-state index in [4.69, 9.17) is 0 Å². The molecule has 1 aliphatic carbocycles. The Hall–Kier alpha value is -2.31. The standard InChI is InChI=1S/C25H27FNO2S2/c1-31(28,29)27-24-18-21(26)14-17-25(24)30(22-10-6-3-7-11-22)23-15-12-20(13-16-23)19-8-4-2-5-9-19/h3,6-7,10-19,27H,2,4-5,8-9H2,1H3/q+1. The van der Waals surface area contributed by atoms with E-state index in [0.717, 1.165) is 20.9 Å². The van der Waals surface area contributed by atoms with Crippen LogP contribution in [0.2, 0.25) is 0 Å². The molecule has 0 heterocycles. The van der Waals surface area contributed by atoms with Crippen molar-refractivity contribution in [1.82, 2.24) is 0 Å². The first-order valence-electron chi connectivity index (χ1n) is 10.6. The zero-order valence-electron chi connectivity index (χ0n) is 17.6. The van der Waals surface area contributed by atoms with Gasteiger partial charge in [-0.25, -0.2) is 12.8 Å². The van der Waals surface area contributed by atoms with Gasteiger partial charge in [-0.15, -0.1) is 0 Å². The van der Waals surface area contributed by atoms with Crippen molar-refractivity contribution >= 4 is 26.6 Å². The van der Waals surface area contributed by atoms with Gasteiger partial charge in [0.05, 0.1) is 6.26 Å². The lowest BCUT2D eigenvalue weighted by Gasteiger charge is -2.22. The minimum Gasteiger partial charge on any atom is -0.279 e. The van der Waals surface area contributed by atoms with Crippen molar-refractivity contribution in [1.29, 1.82) is 0 Å². The van der Waals surface area contributed by atoms with E-state index in [1.54, 1.807) is 6.07 Å². The van der Waals surface area contributed by atoms with Gasteiger partial charge in [-0.05, 0) is 60.7 Å². The Bertz CT molecular complexity index is 1130. The van der Waals surface area contributed by atoms with Crippen molar-refractivity contribution in [3.05, 3.63) is 84.2 Å². The molecule has 1 N–H and O–H groups in total. The minimum atomic E-state index is -3.55. The number of hydrogen-bond donors (Lipinski definition) is 1. The predicted octanol–water partition coefficient (Wildman–Crippen LogP) is 6.34.